The van der Waals surface area contributed by atoms with Gasteiger partial charge in [-0.2, -0.15) is 11.8 Å². The van der Waals surface area contributed by atoms with Gasteiger partial charge >= 0.3 is 5.97 Å². The van der Waals surface area contributed by atoms with Gasteiger partial charge in [0, 0.05) is 13.0 Å². The van der Waals surface area contributed by atoms with E-state index in [1.807, 2.05) is 13.2 Å². The second-order valence-electron chi connectivity index (χ2n) is 11.4. The van der Waals surface area contributed by atoms with Crippen LogP contribution in [0.3, 0.4) is 0 Å². The van der Waals surface area contributed by atoms with Crippen molar-refractivity contribution in [1.82, 2.24) is 26.6 Å². The molecule has 49 heavy (non-hydrogen) atoms. The summed E-state index contributed by atoms with van der Waals surface area (Å²) in [7, 11) is 0. The zero-order valence-corrected chi connectivity index (χ0v) is 29.0. The largest absolute Gasteiger partial charge is 0.480 e. The zero-order valence-electron chi connectivity index (χ0n) is 28.1. The van der Waals surface area contributed by atoms with Gasteiger partial charge in [0.25, 0.3) is 0 Å². The van der Waals surface area contributed by atoms with Crippen molar-refractivity contribution in [3.8, 4) is 0 Å². The van der Waals surface area contributed by atoms with Crippen LogP contribution in [0.2, 0.25) is 0 Å². The van der Waals surface area contributed by atoms with E-state index in [2.05, 4.69) is 31.6 Å². The summed E-state index contributed by atoms with van der Waals surface area (Å²) in [6.45, 7) is 2.46. The highest BCUT2D eigenvalue weighted by atomic mass is 32.2. The molecule has 0 aromatic heterocycles. The SMILES string of the molecule is CCC(C)C(NC(=O)C(N)CCCN=C(N)N)C(=O)NC(Cc1ccccc1)C(=O)NC(CCSC)C(=O)NCC(=O)NC(CO)C(=O)O. The van der Waals surface area contributed by atoms with Crippen molar-refractivity contribution in [2.75, 3.05) is 31.7 Å². The van der Waals surface area contributed by atoms with Crippen LogP contribution in [-0.4, -0.2) is 114 Å². The molecule has 0 aliphatic heterocycles. The number of thioether (sulfide) groups is 1. The molecule has 0 spiro atoms. The molecule has 0 bridgehead atoms. The van der Waals surface area contributed by atoms with Crippen molar-refractivity contribution >= 4 is 53.2 Å². The monoisotopic (exact) mass is 709 g/mol. The molecule has 18 heteroatoms. The minimum Gasteiger partial charge on any atom is -0.480 e. The third kappa shape index (κ3) is 16.5. The van der Waals surface area contributed by atoms with E-state index in [1.165, 1.54) is 11.8 Å². The normalized spacial score (nSPS) is 14.5. The molecule has 5 amide bonds. The molecule has 0 saturated carbocycles. The van der Waals surface area contributed by atoms with Crippen LogP contribution >= 0.6 is 11.8 Å². The lowest BCUT2D eigenvalue weighted by atomic mass is 9.96. The summed E-state index contributed by atoms with van der Waals surface area (Å²) in [5.74, 6) is -4.82. The first-order valence-electron chi connectivity index (χ1n) is 15.9. The highest BCUT2D eigenvalue weighted by molar-refractivity contribution is 7.98. The molecule has 274 valence electrons. The van der Waals surface area contributed by atoms with Crippen LogP contribution in [0.15, 0.2) is 35.3 Å². The second-order valence-corrected chi connectivity index (χ2v) is 12.4. The molecule has 0 fully saturated rings. The Balaban J connectivity index is 3.14. The third-order valence-electron chi connectivity index (χ3n) is 7.50. The number of hydrogen-bond donors (Lipinski definition) is 10. The van der Waals surface area contributed by atoms with Gasteiger partial charge in [0.1, 0.15) is 24.2 Å². The first kappa shape index (κ1) is 42.6. The minimum atomic E-state index is -1.55. The van der Waals surface area contributed by atoms with Gasteiger partial charge in [-0.1, -0.05) is 50.6 Å². The number of carboxylic acids is 1. The van der Waals surface area contributed by atoms with Crippen molar-refractivity contribution in [1.29, 1.82) is 0 Å². The number of amides is 5. The number of aliphatic carboxylic acids is 1. The molecular formula is C31H51N9O8S. The topological polar surface area (TPSA) is 293 Å². The molecule has 0 aliphatic carbocycles. The number of aliphatic imine (C=N–C) groups is 1. The van der Waals surface area contributed by atoms with Gasteiger partial charge in [-0.15, -0.1) is 0 Å². The second kappa shape index (κ2) is 23.0. The van der Waals surface area contributed by atoms with Gasteiger partial charge in [0.05, 0.1) is 19.2 Å². The number of aliphatic hydroxyl groups excluding tert-OH is 1. The average molecular weight is 710 g/mol. The predicted molar refractivity (Wildman–Crippen MR) is 186 cm³/mol. The van der Waals surface area contributed by atoms with E-state index in [-0.39, 0.29) is 37.7 Å². The molecule has 0 heterocycles. The average Bonchev–Trinajstić information content (AvgIpc) is 3.07. The van der Waals surface area contributed by atoms with E-state index in [4.69, 9.17) is 27.4 Å². The van der Waals surface area contributed by atoms with Gasteiger partial charge in [-0.25, -0.2) is 4.79 Å². The molecule has 0 aliphatic rings. The Morgan fingerprint density at radius 2 is 1.53 bits per heavy atom. The smallest absolute Gasteiger partial charge is 0.328 e. The van der Waals surface area contributed by atoms with Crippen LogP contribution in [0.1, 0.15) is 45.1 Å². The number of nitrogens with zero attached hydrogens (tertiary/aromatic N) is 1. The molecule has 0 radical (unpaired) electrons. The van der Waals surface area contributed by atoms with Crippen LogP contribution in [0.5, 0.6) is 0 Å². The number of nitrogens with two attached hydrogens (primary N) is 3. The van der Waals surface area contributed by atoms with E-state index in [0.29, 0.717) is 24.2 Å². The number of aliphatic hydroxyl groups is 1. The summed E-state index contributed by atoms with van der Waals surface area (Å²) in [6.07, 6.45) is 3.26. The van der Waals surface area contributed by atoms with Gasteiger partial charge in [-0.05, 0) is 42.8 Å². The van der Waals surface area contributed by atoms with Gasteiger partial charge < -0.3 is 54.0 Å². The first-order valence-corrected chi connectivity index (χ1v) is 17.3. The maximum Gasteiger partial charge on any atom is 0.328 e. The van der Waals surface area contributed by atoms with E-state index in [9.17, 15) is 28.8 Å². The van der Waals surface area contributed by atoms with Crippen LogP contribution in [0.4, 0.5) is 0 Å². The number of carbonyl (C=O) groups is 6. The molecule has 6 atom stereocenters. The molecular weight excluding hydrogens is 658 g/mol. The molecule has 0 saturated heterocycles. The number of benzene rings is 1. The van der Waals surface area contributed by atoms with Gasteiger partial charge in [0.2, 0.25) is 29.5 Å². The van der Waals surface area contributed by atoms with Crippen LogP contribution in [-0.2, 0) is 35.2 Å². The first-order chi connectivity index (χ1) is 23.2. The Morgan fingerprint density at radius 1 is 0.878 bits per heavy atom. The maximum atomic E-state index is 13.7. The Kier molecular flexibility index (Phi) is 20.0. The number of rotatable bonds is 23. The highest BCUT2D eigenvalue weighted by Crippen LogP contribution is 2.12. The van der Waals surface area contributed by atoms with Crippen LogP contribution in [0.25, 0.3) is 0 Å². The fourth-order valence-corrected chi connectivity index (χ4v) is 4.90. The fourth-order valence-electron chi connectivity index (χ4n) is 4.43. The Bertz CT molecular complexity index is 1270. The number of guanidine groups is 1. The van der Waals surface area contributed by atoms with E-state index in [1.54, 1.807) is 37.3 Å². The molecule has 1 rings (SSSR count). The Hall–Kier alpha value is -4.42. The minimum absolute atomic E-state index is 0.0564. The number of nitrogens with one attached hydrogen (secondary N) is 5. The quantitative estimate of drug-likeness (QED) is 0.0322. The van der Waals surface area contributed by atoms with Gasteiger partial charge in [0.15, 0.2) is 5.96 Å². The van der Waals surface area contributed by atoms with Crippen molar-refractivity contribution < 1.29 is 39.0 Å². The molecule has 13 N–H and O–H groups in total. The summed E-state index contributed by atoms with van der Waals surface area (Å²) in [5.41, 5.74) is 17.4. The van der Waals surface area contributed by atoms with Crippen LogP contribution in [0, 0.1) is 5.92 Å². The van der Waals surface area contributed by atoms with E-state index >= 15 is 0 Å². The van der Waals surface area contributed by atoms with Crippen molar-refractivity contribution in [2.45, 2.75) is 76.2 Å². The highest BCUT2D eigenvalue weighted by Gasteiger charge is 2.33. The predicted octanol–water partition coefficient (Wildman–Crippen LogP) is -2.46. The molecule has 17 nitrogen and oxygen atoms in total. The van der Waals surface area contributed by atoms with Crippen molar-refractivity contribution in [3.63, 3.8) is 0 Å². The standard InChI is InChI=1S/C31H51N9O8S/c1-4-18(2)25(40-26(43)20(32)11-8-13-35-31(33)34)29(46)39-22(15-19-9-6-5-7-10-19)28(45)38-21(12-14-49-3)27(44)36-16-24(42)37-23(17-41)30(47)48/h5-7,9-10,18,20-23,25,41H,4,8,11-17,32H2,1-3H3,(H,36,44)(H,37,42)(H,38,45)(H,39,46)(H,40,43)(H,47,48)(H4,33,34,35). The molecule has 1 aromatic rings. The Morgan fingerprint density at radius 3 is 2.10 bits per heavy atom. The lowest BCUT2D eigenvalue weighted by molar-refractivity contribution is -0.142. The number of carbonyl (C=O) groups excluding carboxylic acids is 5. The fraction of sp³-hybridized carbons (Fsp3) is 0.581. The lowest BCUT2D eigenvalue weighted by Gasteiger charge is -2.28. The Labute approximate surface area is 290 Å². The van der Waals surface area contributed by atoms with E-state index in [0.717, 1.165) is 0 Å². The van der Waals surface area contributed by atoms with Crippen molar-refractivity contribution in [2.24, 2.45) is 28.1 Å². The summed E-state index contributed by atoms with van der Waals surface area (Å²) in [5, 5.41) is 30.7. The number of carboxylic acid groups (broad SMARTS) is 1. The van der Waals surface area contributed by atoms with Gasteiger partial charge in [-0.3, -0.25) is 29.0 Å². The maximum absolute atomic E-state index is 13.7. The van der Waals surface area contributed by atoms with E-state index < -0.39 is 78.9 Å². The van der Waals surface area contributed by atoms with Crippen LogP contribution < -0.4 is 43.8 Å². The summed E-state index contributed by atoms with van der Waals surface area (Å²) < 4.78 is 0. The van der Waals surface area contributed by atoms with Crippen molar-refractivity contribution in [3.05, 3.63) is 35.9 Å². The summed E-state index contributed by atoms with van der Waals surface area (Å²) in [6, 6.07) is 3.09. The molecule has 1 aromatic carbocycles. The third-order valence-corrected chi connectivity index (χ3v) is 8.14. The lowest BCUT2D eigenvalue weighted by Crippen LogP contribution is -2.59. The number of hydrogen-bond acceptors (Lipinski definition) is 10. The molecule has 6 unspecified atom stereocenters. The summed E-state index contributed by atoms with van der Waals surface area (Å²) >= 11 is 1.42. The zero-order chi connectivity index (χ0) is 36.9. The summed E-state index contributed by atoms with van der Waals surface area (Å²) in [4.78, 5) is 80.6.